The number of carboxylic acids is 2. The summed E-state index contributed by atoms with van der Waals surface area (Å²) in [6, 6.07) is 17.6. The second-order valence-corrected chi connectivity index (χ2v) is 5.90. The van der Waals surface area contributed by atoms with Gasteiger partial charge in [0.15, 0.2) is 0 Å². The predicted octanol–water partition coefficient (Wildman–Crippen LogP) is -0.988. The molecule has 0 amide bonds. The van der Waals surface area contributed by atoms with Crippen molar-refractivity contribution >= 4 is 49.7 Å². The normalized spacial score (nSPS) is 11.9. The van der Waals surface area contributed by atoms with Crippen molar-refractivity contribution in [2.75, 3.05) is 0 Å². The maximum Gasteiger partial charge on any atom is 2.00 e. The Balaban J connectivity index is 0.000000483. The molecule has 0 saturated heterocycles. The fourth-order valence-electron chi connectivity index (χ4n) is 2.17. The van der Waals surface area contributed by atoms with E-state index in [9.17, 15) is 19.8 Å². The molecular formula is C20H24CaN2O4. The van der Waals surface area contributed by atoms with E-state index in [2.05, 4.69) is 0 Å². The van der Waals surface area contributed by atoms with Crippen LogP contribution in [0.3, 0.4) is 0 Å². The van der Waals surface area contributed by atoms with Crippen molar-refractivity contribution < 1.29 is 19.8 Å². The van der Waals surface area contributed by atoms with Crippen LogP contribution in [0.5, 0.6) is 0 Å². The molecule has 2 aromatic rings. The molecule has 0 fully saturated rings. The summed E-state index contributed by atoms with van der Waals surface area (Å²) in [5.74, 6) is -2.37. The third-order valence-corrected chi connectivity index (χ3v) is 3.78. The Bertz CT molecular complexity index is 609. The Morgan fingerprint density at radius 3 is 1.26 bits per heavy atom. The first-order chi connectivity index (χ1) is 12.4. The van der Waals surface area contributed by atoms with Crippen LogP contribution >= 0.6 is 0 Å². The summed E-state index contributed by atoms with van der Waals surface area (Å²) in [4.78, 5) is 20.6. The average molecular weight is 396 g/mol. The Kier molecular flexibility index (Phi) is 13.8. The number of nitrogens with two attached hydrogens (primary N) is 2. The Morgan fingerprint density at radius 1 is 0.704 bits per heavy atom. The topological polar surface area (TPSA) is 132 Å². The molecule has 0 heterocycles. The zero-order valence-corrected chi connectivity index (χ0v) is 17.5. The van der Waals surface area contributed by atoms with E-state index < -0.39 is 24.0 Å². The molecule has 0 spiro atoms. The van der Waals surface area contributed by atoms with Crippen LogP contribution < -0.4 is 21.7 Å². The van der Waals surface area contributed by atoms with Crippen LogP contribution in [0.4, 0.5) is 0 Å². The number of hydrogen-bond donors (Lipinski definition) is 2. The molecular weight excluding hydrogens is 372 g/mol. The average Bonchev–Trinajstić information content (AvgIpc) is 2.66. The second kappa shape index (κ2) is 14.6. The first-order valence-corrected chi connectivity index (χ1v) is 8.41. The van der Waals surface area contributed by atoms with E-state index in [4.69, 9.17) is 11.5 Å². The van der Waals surface area contributed by atoms with Crippen molar-refractivity contribution in [2.24, 2.45) is 11.5 Å². The molecule has 0 bridgehead atoms. The zero-order valence-electron chi connectivity index (χ0n) is 15.3. The molecule has 0 unspecified atom stereocenters. The maximum atomic E-state index is 10.3. The third-order valence-electron chi connectivity index (χ3n) is 3.78. The zero-order chi connectivity index (χ0) is 19.4. The van der Waals surface area contributed by atoms with Gasteiger partial charge in [-0.05, 0) is 36.8 Å². The van der Waals surface area contributed by atoms with Gasteiger partial charge in [0.2, 0.25) is 0 Å². The van der Waals surface area contributed by atoms with E-state index in [1.54, 1.807) is 0 Å². The van der Waals surface area contributed by atoms with Gasteiger partial charge in [-0.25, -0.2) is 0 Å². The van der Waals surface area contributed by atoms with E-state index in [1.165, 1.54) is 0 Å². The molecule has 0 radical (unpaired) electrons. The molecule has 4 N–H and O–H groups in total. The van der Waals surface area contributed by atoms with Gasteiger partial charge in [0, 0.05) is 12.1 Å². The summed E-state index contributed by atoms with van der Waals surface area (Å²) in [5, 5.41) is 20.6. The maximum absolute atomic E-state index is 10.3. The van der Waals surface area contributed by atoms with Crippen LogP contribution in [-0.4, -0.2) is 61.8 Å². The Labute approximate surface area is 189 Å². The molecule has 2 aromatic carbocycles. The first kappa shape index (κ1) is 25.6. The number of benzene rings is 2. The smallest absolute Gasteiger partial charge is 0.548 e. The Hall–Kier alpha value is -1.44. The van der Waals surface area contributed by atoms with Crippen molar-refractivity contribution in [2.45, 2.75) is 37.8 Å². The largest absolute Gasteiger partial charge is 2.00 e. The molecule has 6 nitrogen and oxygen atoms in total. The molecule has 2 rings (SSSR count). The van der Waals surface area contributed by atoms with Gasteiger partial charge in [-0.2, -0.15) is 0 Å². The van der Waals surface area contributed by atoms with Crippen LogP contribution in [0.15, 0.2) is 60.7 Å². The number of carbonyl (C=O) groups excluding carboxylic acids is 2. The molecule has 27 heavy (non-hydrogen) atoms. The quantitative estimate of drug-likeness (QED) is 0.551. The third kappa shape index (κ3) is 11.8. The molecule has 2 atom stereocenters. The van der Waals surface area contributed by atoms with E-state index in [1.807, 2.05) is 60.7 Å². The van der Waals surface area contributed by atoms with Crippen LogP contribution in [0.1, 0.15) is 24.0 Å². The van der Waals surface area contributed by atoms with Crippen LogP contribution in [0, 0.1) is 0 Å². The van der Waals surface area contributed by atoms with Crippen molar-refractivity contribution in [3.05, 3.63) is 71.8 Å². The van der Waals surface area contributed by atoms with Gasteiger partial charge < -0.3 is 31.3 Å². The van der Waals surface area contributed by atoms with Gasteiger partial charge in [-0.15, -0.1) is 0 Å². The molecule has 0 saturated carbocycles. The summed E-state index contributed by atoms with van der Waals surface area (Å²) < 4.78 is 0. The minimum Gasteiger partial charge on any atom is -0.548 e. The van der Waals surface area contributed by atoms with Gasteiger partial charge in [0.25, 0.3) is 0 Å². The van der Waals surface area contributed by atoms with Crippen molar-refractivity contribution in [1.82, 2.24) is 0 Å². The second-order valence-electron chi connectivity index (χ2n) is 5.90. The molecule has 0 aromatic heterocycles. The fourth-order valence-corrected chi connectivity index (χ4v) is 2.17. The number of carbonyl (C=O) groups is 2. The minimum absolute atomic E-state index is 0. The van der Waals surface area contributed by atoms with Gasteiger partial charge in [-0.3, -0.25) is 0 Å². The first-order valence-electron chi connectivity index (χ1n) is 8.41. The standard InChI is InChI=1S/2C10H13NO2.Ca/c2*11-9(10(12)13)7-6-8-4-2-1-3-5-8;/h2*1-5,9H,6-7,11H2,(H,12,13);/q;;+2/p-2/t2*9-;/m00./s1. The van der Waals surface area contributed by atoms with Crippen LogP contribution in [-0.2, 0) is 22.4 Å². The van der Waals surface area contributed by atoms with Gasteiger partial charge >= 0.3 is 37.7 Å². The molecule has 7 heteroatoms. The van der Waals surface area contributed by atoms with Crippen molar-refractivity contribution in [3.63, 3.8) is 0 Å². The van der Waals surface area contributed by atoms with Crippen molar-refractivity contribution in [1.29, 1.82) is 0 Å². The number of aliphatic carboxylic acids is 2. The molecule has 0 aliphatic heterocycles. The SMILES string of the molecule is N[C@@H](CCc1ccccc1)C(=O)[O-].N[C@@H](CCc1ccccc1)C(=O)[O-].[Ca+2]. The monoisotopic (exact) mass is 396 g/mol. The Morgan fingerprint density at radius 2 is 1.00 bits per heavy atom. The van der Waals surface area contributed by atoms with Crippen LogP contribution in [0.25, 0.3) is 0 Å². The van der Waals surface area contributed by atoms with Gasteiger partial charge in [0.1, 0.15) is 0 Å². The summed E-state index contributed by atoms with van der Waals surface area (Å²) in [6.45, 7) is 0. The summed E-state index contributed by atoms with van der Waals surface area (Å²) >= 11 is 0. The number of hydrogen-bond acceptors (Lipinski definition) is 6. The van der Waals surface area contributed by atoms with Gasteiger partial charge in [-0.1, -0.05) is 60.7 Å². The van der Waals surface area contributed by atoms with Crippen molar-refractivity contribution in [3.8, 4) is 0 Å². The number of rotatable bonds is 8. The van der Waals surface area contributed by atoms with Crippen LogP contribution in [0.2, 0.25) is 0 Å². The molecule has 0 aliphatic carbocycles. The predicted molar refractivity (Wildman–Crippen MR) is 101 cm³/mol. The summed E-state index contributed by atoms with van der Waals surface area (Å²) in [5.41, 5.74) is 12.8. The van der Waals surface area contributed by atoms with E-state index in [0.717, 1.165) is 11.1 Å². The fraction of sp³-hybridized carbons (Fsp3) is 0.300. The number of carboxylic acid groups (broad SMARTS) is 2. The summed E-state index contributed by atoms with van der Waals surface area (Å²) in [6.07, 6.45) is 2.20. The van der Waals surface area contributed by atoms with Gasteiger partial charge in [0.05, 0.1) is 11.9 Å². The molecule has 140 valence electrons. The molecule has 0 aliphatic rings. The summed E-state index contributed by atoms with van der Waals surface area (Å²) in [7, 11) is 0. The van der Waals surface area contributed by atoms with E-state index >= 15 is 0 Å². The minimum atomic E-state index is -1.18. The number of aryl methyl sites for hydroxylation is 2. The van der Waals surface area contributed by atoms with E-state index in [-0.39, 0.29) is 37.7 Å². The van der Waals surface area contributed by atoms with E-state index in [0.29, 0.717) is 25.7 Å².